The molecule has 0 unspecified atom stereocenters. The minimum absolute atomic E-state index is 0.00448. The Morgan fingerprint density at radius 3 is 2.38 bits per heavy atom. The maximum absolute atomic E-state index is 12.1. The van der Waals surface area contributed by atoms with E-state index in [2.05, 4.69) is 10.6 Å². The quantitative estimate of drug-likeness (QED) is 0.546. The normalized spacial score (nSPS) is 33.4. The Hall–Kier alpha value is -2.32. The standard InChI is InChI=1S/C15H16ClN3O5/c16-6-1-3-7(4-2-6)18-14(24)19-8-5-15(17,13(22)23)11-9(8)10(11)12(20)21/h1-4,8-11H,5,17H2,(H,20,21)(H,22,23)(H2,18,19,24)/t8-,9-,10-,11-,15-/m0/s1. The van der Waals surface area contributed by atoms with Crippen LogP contribution in [0.2, 0.25) is 5.02 Å². The van der Waals surface area contributed by atoms with Gasteiger partial charge in [0.05, 0.1) is 5.92 Å². The van der Waals surface area contributed by atoms with Gasteiger partial charge in [0.2, 0.25) is 0 Å². The Balaban J connectivity index is 1.69. The molecule has 2 saturated carbocycles. The molecule has 0 aliphatic heterocycles. The highest BCUT2D eigenvalue weighted by Gasteiger charge is 2.74. The SMILES string of the molecule is N[C@@]1(C(=O)O)C[C@H](NC(=O)Nc2ccc(Cl)cc2)[C@H]2[C@H](C(=O)O)[C@H]21. The van der Waals surface area contributed by atoms with Crippen LogP contribution >= 0.6 is 11.6 Å². The van der Waals surface area contributed by atoms with Crippen LogP contribution in [-0.4, -0.2) is 39.8 Å². The van der Waals surface area contributed by atoms with E-state index in [-0.39, 0.29) is 6.42 Å². The molecule has 5 atom stereocenters. The summed E-state index contributed by atoms with van der Waals surface area (Å²) in [6.07, 6.45) is -0.00448. The number of carbonyl (C=O) groups is 3. The average Bonchev–Trinajstić information content (AvgIpc) is 3.18. The number of aliphatic carboxylic acids is 2. The Morgan fingerprint density at radius 1 is 1.21 bits per heavy atom. The minimum Gasteiger partial charge on any atom is -0.481 e. The summed E-state index contributed by atoms with van der Waals surface area (Å²) in [5, 5.41) is 24.3. The number of amides is 2. The summed E-state index contributed by atoms with van der Waals surface area (Å²) >= 11 is 5.76. The van der Waals surface area contributed by atoms with Crippen LogP contribution < -0.4 is 16.4 Å². The number of fused-ring (bicyclic) bond motifs is 1. The number of hydrogen-bond acceptors (Lipinski definition) is 4. The summed E-state index contributed by atoms with van der Waals surface area (Å²) in [6.45, 7) is 0. The van der Waals surface area contributed by atoms with Crippen LogP contribution in [0.4, 0.5) is 10.5 Å². The average molecular weight is 354 g/mol. The molecular formula is C15H16ClN3O5. The summed E-state index contributed by atoms with van der Waals surface area (Å²) < 4.78 is 0. The van der Waals surface area contributed by atoms with E-state index < -0.39 is 47.3 Å². The molecule has 1 aromatic rings. The number of carbonyl (C=O) groups excluding carboxylic acids is 1. The van der Waals surface area contributed by atoms with Crippen molar-refractivity contribution in [2.24, 2.45) is 23.5 Å². The molecule has 2 aliphatic rings. The van der Waals surface area contributed by atoms with E-state index in [9.17, 15) is 24.6 Å². The largest absolute Gasteiger partial charge is 0.481 e. The van der Waals surface area contributed by atoms with Crippen molar-refractivity contribution in [2.45, 2.75) is 18.0 Å². The first-order valence-corrected chi connectivity index (χ1v) is 7.70. The van der Waals surface area contributed by atoms with Crippen LogP contribution in [0.3, 0.4) is 0 Å². The highest BCUT2D eigenvalue weighted by molar-refractivity contribution is 6.30. The van der Waals surface area contributed by atoms with Gasteiger partial charge in [-0.1, -0.05) is 11.6 Å². The van der Waals surface area contributed by atoms with Crippen molar-refractivity contribution in [2.75, 3.05) is 5.32 Å². The van der Waals surface area contributed by atoms with Gasteiger partial charge >= 0.3 is 18.0 Å². The summed E-state index contributed by atoms with van der Waals surface area (Å²) in [5.41, 5.74) is 4.78. The lowest BCUT2D eigenvalue weighted by molar-refractivity contribution is -0.145. The number of rotatable bonds is 4. The summed E-state index contributed by atoms with van der Waals surface area (Å²) in [7, 11) is 0. The first-order chi connectivity index (χ1) is 11.2. The van der Waals surface area contributed by atoms with E-state index in [4.69, 9.17) is 17.3 Å². The smallest absolute Gasteiger partial charge is 0.324 e. The van der Waals surface area contributed by atoms with E-state index in [1.54, 1.807) is 24.3 Å². The molecule has 0 aromatic heterocycles. The molecule has 0 radical (unpaired) electrons. The van der Waals surface area contributed by atoms with Gasteiger partial charge in [-0.3, -0.25) is 9.59 Å². The van der Waals surface area contributed by atoms with Crippen LogP contribution in [0.15, 0.2) is 24.3 Å². The molecule has 2 fully saturated rings. The van der Waals surface area contributed by atoms with E-state index >= 15 is 0 Å². The van der Waals surface area contributed by atoms with Gasteiger partial charge in [-0.15, -0.1) is 0 Å². The van der Waals surface area contributed by atoms with E-state index in [1.807, 2.05) is 0 Å². The molecule has 1 aromatic carbocycles. The molecule has 24 heavy (non-hydrogen) atoms. The van der Waals surface area contributed by atoms with Crippen LogP contribution in [0.1, 0.15) is 6.42 Å². The molecule has 6 N–H and O–H groups in total. The Morgan fingerprint density at radius 2 is 1.83 bits per heavy atom. The number of anilines is 1. The minimum atomic E-state index is -1.63. The predicted molar refractivity (Wildman–Crippen MR) is 84.7 cm³/mol. The molecule has 3 rings (SSSR count). The van der Waals surface area contributed by atoms with Crippen molar-refractivity contribution >= 4 is 35.3 Å². The molecule has 8 nitrogen and oxygen atoms in total. The predicted octanol–water partition coefficient (Wildman–Crippen LogP) is 0.963. The first kappa shape index (κ1) is 16.5. The molecular weight excluding hydrogens is 338 g/mol. The molecule has 128 valence electrons. The zero-order valence-corrected chi connectivity index (χ0v) is 13.2. The second-order valence-electron chi connectivity index (χ2n) is 6.23. The Kier molecular flexibility index (Phi) is 3.89. The third kappa shape index (κ3) is 2.67. The Bertz CT molecular complexity index is 710. The van der Waals surface area contributed by atoms with Gasteiger partial charge in [0, 0.05) is 22.7 Å². The van der Waals surface area contributed by atoms with Crippen molar-refractivity contribution in [3.05, 3.63) is 29.3 Å². The van der Waals surface area contributed by atoms with E-state index in [0.717, 1.165) is 0 Å². The number of carboxylic acid groups (broad SMARTS) is 2. The third-order valence-corrected chi connectivity index (χ3v) is 5.05. The molecule has 2 amide bonds. The molecule has 0 spiro atoms. The highest BCUT2D eigenvalue weighted by atomic mass is 35.5. The van der Waals surface area contributed by atoms with E-state index in [1.165, 1.54) is 0 Å². The van der Waals surface area contributed by atoms with Gasteiger partial charge < -0.3 is 26.6 Å². The topological polar surface area (TPSA) is 142 Å². The maximum atomic E-state index is 12.1. The lowest BCUT2D eigenvalue weighted by Gasteiger charge is -2.25. The third-order valence-electron chi connectivity index (χ3n) is 4.79. The number of nitrogens with two attached hydrogens (primary N) is 1. The first-order valence-electron chi connectivity index (χ1n) is 7.32. The molecule has 0 heterocycles. The van der Waals surface area contributed by atoms with Crippen LogP contribution in [0.25, 0.3) is 0 Å². The van der Waals surface area contributed by atoms with Gasteiger partial charge in [-0.2, -0.15) is 0 Å². The molecule has 2 aliphatic carbocycles. The van der Waals surface area contributed by atoms with Crippen molar-refractivity contribution in [3.63, 3.8) is 0 Å². The lowest BCUT2D eigenvalue weighted by atomic mass is 9.90. The molecule has 0 bridgehead atoms. The summed E-state index contributed by atoms with van der Waals surface area (Å²) in [5.74, 6) is -4.33. The van der Waals surface area contributed by atoms with Crippen molar-refractivity contribution in [1.82, 2.24) is 5.32 Å². The van der Waals surface area contributed by atoms with Crippen molar-refractivity contribution in [3.8, 4) is 0 Å². The van der Waals surface area contributed by atoms with Crippen molar-refractivity contribution < 1.29 is 24.6 Å². The fourth-order valence-corrected chi connectivity index (χ4v) is 3.83. The number of halogens is 1. The summed E-state index contributed by atoms with van der Waals surface area (Å²) in [6, 6.07) is 5.29. The van der Waals surface area contributed by atoms with Crippen LogP contribution in [0.5, 0.6) is 0 Å². The summed E-state index contributed by atoms with van der Waals surface area (Å²) in [4.78, 5) is 34.8. The number of urea groups is 1. The van der Waals surface area contributed by atoms with Crippen molar-refractivity contribution in [1.29, 1.82) is 0 Å². The maximum Gasteiger partial charge on any atom is 0.324 e. The zero-order valence-electron chi connectivity index (χ0n) is 12.4. The monoisotopic (exact) mass is 353 g/mol. The van der Waals surface area contributed by atoms with Crippen LogP contribution in [0, 0.1) is 17.8 Å². The molecule has 0 saturated heterocycles. The second kappa shape index (κ2) is 5.64. The van der Waals surface area contributed by atoms with Gasteiger partial charge in [0.15, 0.2) is 0 Å². The fourth-order valence-electron chi connectivity index (χ4n) is 3.70. The Labute approximate surface area is 142 Å². The number of benzene rings is 1. The second-order valence-corrected chi connectivity index (χ2v) is 6.67. The fraction of sp³-hybridized carbons (Fsp3) is 0.400. The van der Waals surface area contributed by atoms with Gasteiger partial charge in [-0.05, 0) is 36.6 Å². The van der Waals surface area contributed by atoms with Gasteiger partial charge in [0.1, 0.15) is 5.54 Å². The number of carboxylic acids is 2. The van der Waals surface area contributed by atoms with Crippen LogP contribution in [-0.2, 0) is 9.59 Å². The lowest BCUT2D eigenvalue weighted by Crippen LogP contribution is -2.52. The highest BCUT2D eigenvalue weighted by Crippen LogP contribution is 2.61. The number of nitrogens with one attached hydrogen (secondary N) is 2. The number of hydrogen-bond donors (Lipinski definition) is 5. The van der Waals surface area contributed by atoms with Gasteiger partial charge in [-0.25, -0.2) is 4.79 Å². The van der Waals surface area contributed by atoms with E-state index in [0.29, 0.717) is 10.7 Å². The molecule has 9 heteroatoms. The zero-order chi connectivity index (χ0) is 17.6. The van der Waals surface area contributed by atoms with Gasteiger partial charge in [0.25, 0.3) is 0 Å².